The van der Waals surface area contributed by atoms with Crippen LogP contribution in [0.2, 0.25) is 0 Å². The van der Waals surface area contributed by atoms with Gasteiger partial charge in [-0.2, -0.15) is 0 Å². The van der Waals surface area contributed by atoms with Gasteiger partial charge in [0.25, 0.3) is 0 Å². The first-order chi connectivity index (χ1) is 13.4. The number of esters is 1. The van der Waals surface area contributed by atoms with Crippen LogP contribution in [0.25, 0.3) is 10.9 Å². The number of ether oxygens (including phenoxy) is 2. The molecule has 5 atom stereocenters. The van der Waals surface area contributed by atoms with Crippen LogP contribution in [0.15, 0.2) is 43.1 Å². The van der Waals surface area contributed by atoms with Crippen molar-refractivity contribution in [3.8, 4) is 5.75 Å². The van der Waals surface area contributed by atoms with Gasteiger partial charge in [0.1, 0.15) is 11.9 Å². The topological polar surface area (TPSA) is 71.9 Å². The fourth-order valence-electron chi connectivity index (χ4n) is 4.75. The quantitative estimate of drug-likeness (QED) is 0.633. The Hall–Kier alpha value is -2.44. The number of benzene rings is 1. The van der Waals surface area contributed by atoms with Crippen molar-refractivity contribution in [3.05, 3.63) is 48.7 Å². The van der Waals surface area contributed by atoms with E-state index in [1.165, 1.54) is 6.92 Å². The van der Waals surface area contributed by atoms with E-state index in [1.807, 2.05) is 24.3 Å². The second-order valence-electron chi connectivity index (χ2n) is 7.77. The van der Waals surface area contributed by atoms with Gasteiger partial charge in [-0.15, -0.1) is 6.58 Å². The number of carbonyl (C=O) groups excluding carboxylic acids is 1. The minimum absolute atomic E-state index is 0.000300. The van der Waals surface area contributed by atoms with E-state index < -0.39 is 11.7 Å². The van der Waals surface area contributed by atoms with E-state index >= 15 is 0 Å². The Kier molecular flexibility index (Phi) is 4.85. The standard InChI is InChI=1S/C22H26N2O4/c1-4-22(26)13-24-10-8-15(22)11-20(24)21(28-14(2)25)17-7-9-23-19-6-5-16(27-3)12-18(17)19/h4-7,9,12,15,20-21,26H,1,8,10-11,13H2,2-3H3/t15-,20-,21+,22+/m0/s1. The highest BCUT2D eigenvalue weighted by atomic mass is 16.5. The van der Waals surface area contributed by atoms with Gasteiger partial charge < -0.3 is 14.6 Å². The maximum atomic E-state index is 12.0. The van der Waals surface area contributed by atoms with E-state index in [4.69, 9.17) is 9.47 Å². The molecule has 3 fully saturated rings. The van der Waals surface area contributed by atoms with E-state index in [9.17, 15) is 9.90 Å². The van der Waals surface area contributed by atoms with Gasteiger partial charge in [0.15, 0.2) is 0 Å². The molecule has 0 saturated carbocycles. The Morgan fingerprint density at radius 2 is 2.29 bits per heavy atom. The Balaban J connectivity index is 1.77. The number of aliphatic hydroxyl groups is 1. The number of nitrogens with zero attached hydrogens (tertiary/aromatic N) is 2. The number of hydrogen-bond donors (Lipinski definition) is 1. The highest BCUT2D eigenvalue weighted by Gasteiger charge is 2.50. The van der Waals surface area contributed by atoms with Crippen LogP contribution in [-0.2, 0) is 9.53 Å². The summed E-state index contributed by atoms with van der Waals surface area (Å²) < 4.78 is 11.2. The summed E-state index contributed by atoms with van der Waals surface area (Å²) in [5.74, 6) is 0.523. The van der Waals surface area contributed by atoms with Crippen molar-refractivity contribution in [3.63, 3.8) is 0 Å². The van der Waals surface area contributed by atoms with E-state index in [0.29, 0.717) is 6.54 Å². The first-order valence-corrected chi connectivity index (χ1v) is 9.65. The highest BCUT2D eigenvalue weighted by molar-refractivity contribution is 5.84. The molecule has 0 amide bonds. The molecule has 6 heteroatoms. The fraction of sp³-hybridized carbons (Fsp3) is 0.455. The maximum absolute atomic E-state index is 12.0. The molecular formula is C22H26N2O4. The summed E-state index contributed by atoms with van der Waals surface area (Å²) in [6.45, 7) is 6.65. The first-order valence-electron chi connectivity index (χ1n) is 9.65. The van der Waals surface area contributed by atoms with Crippen molar-refractivity contribution >= 4 is 16.9 Å². The monoisotopic (exact) mass is 382 g/mol. The van der Waals surface area contributed by atoms with Gasteiger partial charge in [-0.05, 0) is 49.6 Å². The highest BCUT2D eigenvalue weighted by Crippen LogP contribution is 2.45. The maximum Gasteiger partial charge on any atom is 0.303 e. The van der Waals surface area contributed by atoms with Gasteiger partial charge in [-0.25, -0.2) is 0 Å². The molecule has 2 aromatic rings. The predicted octanol–water partition coefficient (Wildman–Crippen LogP) is 2.86. The van der Waals surface area contributed by atoms with Crippen LogP contribution in [-0.4, -0.2) is 52.8 Å². The number of hydrogen-bond acceptors (Lipinski definition) is 6. The van der Waals surface area contributed by atoms with Gasteiger partial charge >= 0.3 is 5.97 Å². The summed E-state index contributed by atoms with van der Waals surface area (Å²) >= 11 is 0. The van der Waals surface area contributed by atoms with Crippen LogP contribution in [0.1, 0.15) is 31.4 Å². The van der Waals surface area contributed by atoms with Crippen molar-refractivity contribution < 1.29 is 19.4 Å². The molecule has 5 rings (SSSR count). The molecule has 1 aromatic carbocycles. The third kappa shape index (κ3) is 3.16. The molecule has 1 unspecified atom stereocenters. The Bertz CT molecular complexity index is 915. The van der Waals surface area contributed by atoms with Gasteiger partial charge in [0.05, 0.1) is 24.3 Å². The van der Waals surface area contributed by atoms with Crippen molar-refractivity contribution in [2.75, 3.05) is 20.2 Å². The molecule has 0 radical (unpaired) electrons. The number of carbonyl (C=O) groups is 1. The number of rotatable bonds is 5. The number of pyridine rings is 1. The van der Waals surface area contributed by atoms with E-state index in [2.05, 4.69) is 16.5 Å². The molecule has 0 spiro atoms. The smallest absolute Gasteiger partial charge is 0.303 e. The first kappa shape index (κ1) is 18.9. The van der Waals surface area contributed by atoms with Gasteiger partial charge in [-0.1, -0.05) is 6.08 Å². The van der Waals surface area contributed by atoms with Crippen molar-refractivity contribution in [2.24, 2.45) is 5.92 Å². The third-order valence-electron chi connectivity index (χ3n) is 6.21. The van der Waals surface area contributed by atoms with Crippen LogP contribution in [0.5, 0.6) is 5.75 Å². The number of piperidine rings is 3. The Morgan fingerprint density at radius 1 is 1.46 bits per heavy atom. The van der Waals surface area contributed by atoms with Crippen molar-refractivity contribution in [2.45, 2.75) is 37.5 Å². The lowest BCUT2D eigenvalue weighted by atomic mass is 9.70. The Labute approximate surface area is 164 Å². The van der Waals surface area contributed by atoms with Gasteiger partial charge in [0.2, 0.25) is 0 Å². The molecule has 2 bridgehead atoms. The number of fused-ring (bicyclic) bond motifs is 4. The summed E-state index contributed by atoms with van der Waals surface area (Å²) in [7, 11) is 1.63. The van der Waals surface area contributed by atoms with Crippen LogP contribution in [0.4, 0.5) is 0 Å². The summed E-state index contributed by atoms with van der Waals surface area (Å²) in [5.41, 5.74) is 0.867. The van der Waals surface area contributed by atoms with E-state index in [-0.39, 0.29) is 17.9 Å². The van der Waals surface area contributed by atoms with Crippen LogP contribution >= 0.6 is 0 Å². The predicted molar refractivity (Wildman–Crippen MR) is 106 cm³/mol. The molecule has 4 heterocycles. The van der Waals surface area contributed by atoms with Crippen LogP contribution < -0.4 is 4.74 Å². The molecular weight excluding hydrogens is 356 g/mol. The zero-order valence-electron chi connectivity index (χ0n) is 16.3. The normalized spacial score (nSPS) is 30.0. The SMILES string of the molecule is C=C[C@@]1(O)CN2CC[C@H]1C[C@H]2[C@H](OC(C)=O)c1ccnc2ccc(OC)cc12. The lowest BCUT2D eigenvalue weighted by molar-refractivity contribution is -0.163. The zero-order valence-corrected chi connectivity index (χ0v) is 16.3. The average molecular weight is 382 g/mol. The Morgan fingerprint density at radius 3 is 2.93 bits per heavy atom. The summed E-state index contributed by atoms with van der Waals surface area (Å²) in [6.07, 6.45) is 4.63. The average Bonchev–Trinajstić information content (AvgIpc) is 2.71. The second kappa shape index (κ2) is 7.18. The second-order valence-corrected chi connectivity index (χ2v) is 7.77. The summed E-state index contributed by atoms with van der Waals surface area (Å²) in [4.78, 5) is 18.6. The van der Waals surface area contributed by atoms with Gasteiger partial charge in [0, 0.05) is 30.6 Å². The number of methoxy groups -OCH3 is 1. The molecule has 6 nitrogen and oxygen atoms in total. The molecule has 28 heavy (non-hydrogen) atoms. The van der Waals surface area contributed by atoms with Crippen molar-refractivity contribution in [1.82, 2.24) is 9.88 Å². The largest absolute Gasteiger partial charge is 0.497 e. The van der Waals surface area contributed by atoms with Crippen molar-refractivity contribution in [1.29, 1.82) is 0 Å². The lowest BCUT2D eigenvalue weighted by Gasteiger charge is -2.54. The molecule has 1 N–H and O–H groups in total. The minimum atomic E-state index is -0.876. The fourth-order valence-corrected chi connectivity index (χ4v) is 4.75. The molecule has 3 aliphatic rings. The molecule has 148 valence electrons. The van der Waals surface area contributed by atoms with Crippen LogP contribution in [0, 0.1) is 5.92 Å². The molecule has 3 saturated heterocycles. The molecule has 1 aromatic heterocycles. The summed E-state index contributed by atoms with van der Waals surface area (Å²) in [6, 6.07) is 7.63. The zero-order chi connectivity index (χ0) is 19.9. The summed E-state index contributed by atoms with van der Waals surface area (Å²) in [5, 5.41) is 11.8. The van der Waals surface area contributed by atoms with Crippen LogP contribution in [0.3, 0.4) is 0 Å². The third-order valence-corrected chi connectivity index (χ3v) is 6.21. The van der Waals surface area contributed by atoms with E-state index in [1.54, 1.807) is 19.4 Å². The molecule has 0 aliphatic carbocycles. The minimum Gasteiger partial charge on any atom is -0.497 e. The lowest BCUT2D eigenvalue weighted by Crippen LogP contribution is -2.63. The van der Waals surface area contributed by atoms with Gasteiger partial charge in [-0.3, -0.25) is 14.7 Å². The number of aromatic nitrogens is 1. The molecule has 3 aliphatic heterocycles. The van der Waals surface area contributed by atoms with E-state index in [0.717, 1.165) is 41.6 Å².